The maximum atomic E-state index is 11.4. The second-order valence-corrected chi connectivity index (χ2v) is 3.97. The monoisotopic (exact) mass is 269 g/mol. The summed E-state index contributed by atoms with van der Waals surface area (Å²) in [5.74, 6) is 0.421. The third-order valence-electron chi connectivity index (χ3n) is 2.15. The van der Waals surface area contributed by atoms with Gasteiger partial charge in [-0.25, -0.2) is 4.79 Å². The summed E-state index contributed by atoms with van der Waals surface area (Å²) < 4.78 is 15.2. The predicted octanol–water partition coefficient (Wildman–Crippen LogP) is 1.71. The Morgan fingerprint density at radius 1 is 1.22 bits per heavy atom. The number of hydrogen-bond acceptors (Lipinski definition) is 5. The molecule has 6 heteroatoms. The number of hydrogen-bond donors (Lipinski definition) is 0. The molecular formula is C12H15NO4S. The molecule has 0 radical (unpaired) electrons. The summed E-state index contributed by atoms with van der Waals surface area (Å²) in [7, 11) is 6.36. The van der Waals surface area contributed by atoms with Crippen molar-refractivity contribution in [2.24, 2.45) is 0 Å². The zero-order chi connectivity index (χ0) is 13.7. The van der Waals surface area contributed by atoms with Crippen molar-refractivity contribution in [3.8, 4) is 11.5 Å². The first-order valence-electron chi connectivity index (χ1n) is 5.15. The van der Waals surface area contributed by atoms with Crippen molar-refractivity contribution in [2.45, 2.75) is 0 Å². The molecule has 0 saturated heterocycles. The van der Waals surface area contributed by atoms with Crippen molar-refractivity contribution < 1.29 is 19.0 Å². The number of carbonyl (C=O) groups excluding carboxylic acids is 1. The van der Waals surface area contributed by atoms with Crippen molar-refractivity contribution in [3.63, 3.8) is 0 Å². The Hall–Kier alpha value is -1.82. The summed E-state index contributed by atoms with van der Waals surface area (Å²) in [6.45, 7) is 0. The standard InChI is InChI=1S/C12H15NO4S/c1-13(2)12(18)17-10-7-8(11(14)16-4)5-6-9(10)15-3/h5-7H,1-4H3. The van der Waals surface area contributed by atoms with Crippen molar-refractivity contribution in [3.05, 3.63) is 23.8 Å². The van der Waals surface area contributed by atoms with E-state index in [4.69, 9.17) is 21.7 Å². The first-order chi connectivity index (χ1) is 8.49. The van der Waals surface area contributed by atoms with E-state index in [0.717, 1.165) is 0 Å². The molecule has 0 atom stereocenters. The molecule has 18 heavy (non-hydrogen) atoms. The highest BCUT2D eigenvalue weighted by Gasteiger charge is 2.13. The van der Waals surface area contributed by atoms with Crippen LogP contribution in [0, 0.1) is 0 Å². The van der Waals surface area contributed by atoms with Crippen LogP contribution in [0.5, 0.6) is 11.5 Å². The molecular weight excluding hydrogens is 254 g/mol. The fourth-order valence-electron chi connectivity index (χ4n) is 1.19. The Labute approximate surface area is 111 Å². The normalized spacial score (nSPS) is 9.56. The van der Waals surface area contributed by atoms with Gasteiger partial charge in [-0.05, 0) is 30.4 Å². The molecule has 0 heterocycles. The second kappa shape index (κ2) is 6.20. The number of benzene rings is 1. The van der Waals surface area contributed by atoms with Crippen LogP contribution in [0.3, 0.4) is 0 Å². The summed E-state index contributed by atoms with van der Waals surface area (Å²) in [6, 6.07) is 4.75. The highest BCUT2D eigenvalue weighted by atomic mass is 32.1. The lowest BCUT2D eigenvalue weighted by Gasteiger charge is -2.16. The van der Waals surface area contributed by atoms with Crippen molar-refractivity contribution in [1.29, 1.82) is 0 Å². The number of esters is 1. The zero-order valence-electron chi connectivity index (χ0n) is 10.7. The second-order valence-electron chi connectivity index (χ2n) is 3.62. The van der Waals surface area contributed by atoms with Crippen LogP contribution >= 0.6 is 12.2 Å². The minimum atomic E-state index is -0.446. The molecule has 0 bridgehead atoms. The van der Waals surface area contributed by atoms with E-state index < -0.39 is 5.97 Å². The van der Waals surface area contributed by atoms with Gasteiger partial charge in [-0.15, -0.1) is 0 Å². The van der Waals surface area contributed by atoms with Gasteiger partial charge in [0.2, 0.25) is 0 Å². The van der Waals surface area contributed by atoms with Crippen LogP contribution in [0.4, 0.5) is 0 Å². The Bertz CT molecular complexity index is 459. The van der Waals surface area contributed by atoms with E-state index >= 15 is 0 Å². The number of ether oxygens (including phenoxy) is 3. The molecule has 0 aliphatic heterocycles. The summed E-state index contributed by atoms with van der Waals surface area (Å²) >= 11 is 5.04. The third kappa shape index (κ3) is 3.33. The molecule has 0 amide bonds. The Balaban J connectivity index is 3.06. The third-order valence-corrected chi connectivity index (χ3v) is 2.60. The maximum Gasteiger partial charge on any atom is 0.337 e. The first kappa shape index (κ1) is 14.2. The molecule has 1 rings (SSSR count). The number of rotatable bonds is 3. The average molecular weight is 269 g/mol. The average Bonchev–Trinajstić information content (AvgIpc) is 2.37. The van der Waals surface area contributed by atoms with Gasteiger partial charge < -0.3 is 19.1 Å². The zero-order valence-corrected chi connectivity index (χ0v) is 11.5. The van der Waals surface area contributed by atoms with Gasteiger partial charge in [0.25, 0.3) is 5.17 Å². The lowest BCUT2D eigenvalue weighted by Crippen LogP contribution is -2.25. The topological polar surface area (TPSA) is 48.0 Å². The molecule has 98 valence electrons. The fourth-order valence-corrected chi connectivity index (χ4v) is 1.28. The summed E-state index contributed by atoms with van der Waals surface area (Å²) in [6.07, 6.45) is 0. The molecule has 0 saturated carbocycles. The van der Waals surface area contributed by atoms with Crippen molar-refractivity contribution >= 4 is 23.4 Å². The molecule has 0 aliphatic rings. The largest absolute Gasteiger partial charge is 0.493 e. The molecule has 0 aliphatic carbocycles. The Morgan fingerprint density at radius 2 is 1.89 bits per heavy atom. The molecule has 0 aromatic heterocycles. The van der Waals surface area contributed by atoms with Gasteiger partial charge in [-0.3, -0.25) is 0 Å². The molecule has 0 unspecified atom stereocenters. The molecule has 0 spiro atoms. The SMILES string of the molecule is COC(=O)c1ccc(OC)c(OC(=S)N(C)C)c1. The lowest BCUT2D eigenvalue weighted by molar-refractivity contribution is 0.0600. The van der Waals surface area contributed by atoms with Crippen LogP contribution in [0.2, 0.25) is 0 Å². The lowest BCUT2D eigenvalue weighted by atomic mass is 10.2. The molecule has 1 aromatic carbocycles. The van der Waals surface area contributed by atoms with E-state index in [1.807, 2.05) is 0 Å². The van der Waals surface area contributed by atoms with E-state index in [1.54, 1.807) is 31.1 Å². The number of nitrogens with zero attached hydrogens (tertiary/aromatic N) is 1. The van der Waals surface area contributed by atoms with E-state index in [-0.39, 0.29) is 5.17 Å². The molecule has 1 aromatic rings. The van der Waals surface area contributed by atoms with E-state index in [1.165, 1.54) is 20.3 Å². The number of thiocarbonyl (C=S) groups is 1. The van der Waals surface area contributed by atoms with Crippen molar-refractivity contribution in [2.75, 3.05) is 28.3 Å². The van der Waals surface area contributed by atoms with Gasteiger partial charge in [-0.1, -0.05) is 0 Å². The van der Waals surface area contributed by atoms with Gasteiger partial charge in [0.05, 0.1) is 19.8 Å². The van der Waals surface area contributed by atoms with E-state index in [9.17, 15) is 4.79 Å². The van der Waals surface area contributed by atoms with Crippen molar-refractivity contribution in [1.82, 2.24) is 4.90 Å². The quantitative estimate of drug-likeness (QED) is 0.615. The van der Waals surface area contributed by atoms with Crippen LogP contribution in [-0.2, 0) is 4.74 Å². The van der Waals surface area contributed by atoms with Crippen LogP contribution in [0.15, 0.2) is 18.2 Å². The van der Waals surface area contributed by atoms with E-state index in [0.29, 0.717) is 17.1 Å². The van der Waals surface area contributed by atoms with Crippen LogP contribution in [0.1, 0.15) is 10.4 Å². The summed E-state index contributed by atoms with van der Waals surface area (Å²) in [5, 5.41) is 0.273. The summed E-state index contributed by atoms with van der Waals surface area (Å²) in [5.41, 5.74) is 0.370. The smallest absolute Gasteiger partial charge is 0.337 e. The number of carbonyl (C=O) groups is 1. The summed E-state index contributed by atoms with van der Waals surface area (Å²) in [4.78, 5) is 13.1. The van der Waals surface area contributed by atoms with Crippen LogP contribution < -0.4 is 9.47 Å². The Morgan fingerprint density at radius 3 is 2.39 bits per heavy atom. The van der Waals surface area contributed by atoms with Gasteiger partial charge in [0.15, 0.2) is 11.5 Å². The molecule has 0 fully saturated rings. The van der Waals surface area contributed by atoms with Gasteiger partial charge in [0, 0.05) is 14.1 Å². The first-order valence-corrected chi connectivity index (χ1v) is 5.56. The minimum Gasteiger partial charge on any atom is -0.493 e. The van der Waals surface area contributed by atoms with Crippen LogP contribution in [0.25, 0.3) is 0 Å². The highest BCUT2D eigenvalue weighted by molar-refractivity contribution is 7.80. The number of methoxy groups -OCH3 is 2. The van der Waals surface area contributed by atoms with Gasteiger partial charge >= 0.3 is 5.97 Å². The highest BCUT2D eigenvalue weighted by Crippen LogP contribution is 2.28. The van der Waals surface area contributed by atoms with E-state index in [2.05, 4.69) is 4.74 Å². The predicted molar refractivity (Wildman–Crippen MR) is 71.2 cm³/mol. The fraction of sp³-hybridized carbons (Fsp3) is 0.333. The van der Waals surface area contributed by atoms with Crippen LogP contribution in [-0.4, -0.2) is 44.4 Å². The molecule has 0 N–H and O–H groups in total. The van der Waals surface area contributed by atoms with Gasteiger partial charge in [-0.2, -0.15) is 0 Å². The Kier molecular flexibility index (Phi) is 4.91. The minimum absolute atomic E-state index is 0.273. The molecule has 5 nitrogen and oxygen atoms in total. The maximum absolute atomic E-state index is 11.4. The van der Waals surface area contributed by atoms with Gasteiger partial charge in [0.1, 0.15) is 0 Å².